The van der Waals surface area contributed by atoms with Crippen LogP contribution in [0.5, 0.6) is 0 Å². The van der Waals surface area contributed by atoms with Gasteiger partial charge in [0.1, 0.15) is 0 Å². The van der Waals surface area contributed by atoms with Gasteiger partial charge in [-0.15, -0.1) is 0 Å². The summed E-state index contributed by atoms with van der Waals surface area (Å²) in [5.74, 6) is 0.758. The number of carbonyl (C=O) groups is 1. The summed E-state index contributed by atoms with van der Waals surface area (Å²) in [5, 5.41) is 3.20. The van der Waals surface area contributed by atoms with Gasteiger partial charge in [0, 0.05) is 12.6 Å². The zero-order chi connectivity index (χ0) is 15.1. The highest BCUT2D eigenvalue weighted by Gasteiger charge is 2.20. The Kier molecular flexibility index (Phi) is 6.24. The topological polar surface area (TPSA) is 55.1 Å². The van der Waals surface area contributed by atoms with Gasteiger partial charge >= 0.3 is 0 Å². The molecule has 3 N–H and O–H groups in total. The summed E-state index contributed by atoms with van der Waals surface area (Å²) in [5.41, 5.74) is 7.84. The smallest absolute Gasteiger partial charge is 0.224 e. The van der Waals surface area contributed by atoms with Gasteiger partial charge in [-0.1, -0.05) is 49.9 Å². The largest absolute Gasteiger partial charge is 0.353 e. The summed E-state index contributed by atoms with van der Waals surface area (Å²) >= 11 is 0. The molecule has 1 fully saturated rings. The second-order valence-corrected chi connectivity index (χ2v) is 6.26. The van der Waals surface area contributed by atoms with Gasteiger partial charge < -0.3 is 11.1 Å². The molecule has 2 rings (SSSR count). The molecule has 1 amide bonds. The summed E-state index contributed by atoms with van der Waals surface area (Å²) in [7, 11) is 0. The maximum atomic E-state index is 12.3. The summed E-state index contributed by atoms with van der Waals surface area (Å²) in [6.45, 7) is 2.64. The molecule has 1 aromatic carbocycles. The van der Waals surface area contributed by atoms with Gasteiger partial charge in [0.2, 0.25) is 5.91 Å². The summed E-state index contributed by atoms with van der Waals surface area (Å²) in [4.78, 5) is 12.3. The van der Waals surface area contributed by atoms with Crippen LogP contribution in [0.1, 0.15) is 56.6 Å². The van der Waals surface area contributed by atoms with E-state index in [1.807, 2.05) is 24.3 Å². The predicted molar refractivity (Wildman–Crippen MR) is 86.8 cm³/mol. The van der Waals surface area contributed by atoms with Crippen LogP contribution in [-0.2, 0) is 17.8 Å². The van der Waals surface area contributed by atoms with E-state index in [1.165, 1.54) is 38.5 Å². The van der Waals surface area contributed by atoms with Gasteiger partial charge in [0.25, 0.3) is 0 Å². The van der Waals surface area contributed by atoms with Crippen molar-refractivity contribution < 1.29 is 4.79 Å². The van der Waals surface area contributed by atoms with E-state index in [0.29, 0.717) is 18.9 Å². The van der Waals surface area contributed by atoms with Crippen LogP contribution in [-0.4, -0.2) is 11.9 Å². The van der Waals surface area contributed by atoms with Crippen LogP contribution < -0.4 is 11.1 Å². The quantitative estimate of drug-likeness (QED) is 0.818. The zero-order valence-corrected chi connectivity index (χ0v) is 13.1. The van der Waals surface area contributed by atoms with Crippen LogP contribution in [0.3, 0.4) is 0 Å². The van der Waals surface area contributed by atoms with Gasteiger partial charge in [-0.2, -0.15) is 0 Å². The Morgan fingerprint density at radius 3 is 2.43 bits per heavy atom. The second-order valence-electron chi connectivity index (χ2n) is 6.26. The van der Waals surface area contributed by atoms with Crippen LogP contribution in [0.4, 0.5) is 0 Å². The molecule has 0 heterocycles. The van der Waals surface area contributed by atoms with Crippen molar-refractivity contribution in [1.82, 2.24) is 5.32 Å². The second kappa shape index (κ2) is 8.18. The normalized spacial score (nSPS) is 18.0. The first-order valence-corrected chi connectivity index (χ1v) is 8.27. The molecule has 1 atom stereocenters. The Bertz CT molecular complexity index is 450. The molecule has 1 aromatic rings. The first-order chi connectivity index (χ1) is 10.2. The van der Waals surface area contributed by atoms with Crippen molar-refractivity contribution in [2.24, 2.45) is 11.7 Å². The highest BCUT2D eigenvalue weighted by Crippen LogP contribution is 2.25. The number of benzene rings is 1. The summed E-state index contributed by atoms with van der Waals surface area (Å²) in [6.07, 6.45) is 8.25. The average molecular weight is 288 g/mol. The fraction of sp³-hybridized carbons (Fsp3) is 0.611. The van der Waals surface area contributed by atoms with E-state index in [2.05, 4.69) is 12.2 Å². The SMILES string of the molecule is C[C@@H](NC(=O)Cc1ccccc1CN)C1CCCCCC1. The molecule has 0 unspecified atom stereocenters. The van der Waals surface area contributed by atoms with Crippen LogP contribution in [0.25, 0.3) is 0 Å². The van der Waals surface area contributed by atoms with Crippen LogP contribution in [0.15, 0.2) is 24.3 Å². The van der Waals surface area contributed by atoms with Crippen molar-refractivity contribution in [1.29, 1.82) is 0 Å². The average Bonchev–Trinajstić information content (AvgIpc) is 2.76. The number of hydrogen-bond acceptors (Lipinski definition) is 2. The molecule has 0 bridgehead atoms. The Balaban J connectivity index is 1.88. The van der Waals surface area contributed by atoms with Gasteiger partial charge in [-0.3, -0.25) is 4.79 Å². The van der Waals surface area contributed by atoms with Crippen molar-refractivity contribution >= 4 is 5.91 Å². The maximum Gasteiger partial charge on any atom is 0.224 e. The fourth-order valence-corrected chi connectivity index (χ4v) is 3.34. The van der Waals surface area contributed by atoms with Crippen molar-refractivity contribution in [2.75, 3.05) is 0 Å². The molecule has 1 aliphatic rings. The first kappa shape index (κ1) is 16.0. The number of amides is 1. The number of nitrogens with two attached hydrogens (primary N) is 1. The van der Waals surface area contributed by atoms with Crippen molar-refractivity contribution in [3.63, 3.8) is 0 Å². The van der Waals surface area contributed by atoms with Gasteiger partial charge in [0.15, 0.2) is 0 Å². The number of rotatable bonds is 5. The van der Waals surface area contributed by atoms with Crippen LogP contribution in [0.2, 0.25) is 0 Å². The first-order valence-electron chi connectivity index (χ1n) is 8.27. The lowest BCUT2D eigenvalue weighted by Crippen LogP contribution is -2.39. The van der Waals surface area contributed by atoms with E-state index in [0.717, 1.165) is 11.1 Å². The van der Waals surface area contributed by atoms with Gasteiger partial charge in [-0.25, -0.2) is 0 Å². The molecule has 0 saturated heterocycles. The lowest BCUT2D eigenvalue weighted by molar-refractivity contribution is -0.121. The van der Waals surface area contributed by atoms with E-state index in [4.69, 9.17) is 5.73 Å². The highest BCUT2D eigenvalue weighted by molar-refractivity contribution is 5.79. The van der Waals surface area contributed by atoms with E-state index < -0.39 is 0 Å². The van der Waals surface area contributed by atoms with Crippen LogP contribution >= 0.6 is 0 Å². The van der Waals surface area contributed by atoms with Gasteiger partial charge in [0.05, 0.1) is 6.42 Å². The standard InChI is InChI=1S/C18H28N2O/c1-14(15-8-4-2-3-5-9-15)20-18(21)12-16-10-6-7-11-17(16)13-19/h6-7,10-11,14-15H,2-5,8-9,12-13,19H2,1H3,(H,20,21)/t14-/m1/s1. The lowest BCUT2D eigenvalue weighted by atomic mass is 9.92. The molecule has 1 aliphatic carbocycles. The van der Waals surface area contributed by atoms with Crippen molar-refractivity contribution in [3.8, 4) is 0 Å². The molecular weight excluding hydrogens is 260 g/mol. The lowest BCUT2D eigenvalue weighted by Gasteiger charge is -2.23. The summed E-state index contributed by atoms with van der Waals surface area (Å²) < 4.78 is 0. The third kappa shape index (κ3) is 4.85. The zero-order valence-electron chi connectivity index (χ0n) is 13.1. The molecule has 0 spiro atoms. The minimum Gasteiger partial charge on any atom is -0.353 e. The Labute approximate surface area is 128 Å². The van der Waals surface area contributed by atoms with E-state index in [9.17, 15) is 4.79 Å². The molecule has 116 valence electrons. The Morgan fingerprint density at radius 2 is 1.81 bits per heavy atom. The molecule has 1 saturated carbocycles. The molecular formula is C18H28N2O. The Hall–Kier alpha value is -1.35. The third-order valence-electron chi connectivity index (χ3n) is 4.68. The highest BCUT2D eigenvalue weighted by atomic mass is 16.1. The third-order valence-corrected chi connectivity index (χ3v) is 4.68. The number of nitrogens with one attached hydrogen (secondary N) is 1. The Morgan fingerprint density at radius 1 is 1.19 bits per heavy atom. The predicted octanol–water partition coefficient (Wildman–Crippen LogP) is 3.16. The summed E-state index contributed by atoms with van der Waals surface area (Å²) in [6, 6.07) is 8.21. The van der Waals surface area contributed by atoms with Crippen LogP contribution in [0, 0.1) is 5.92 Å². The minimum atomic E-state index is 0.118. The molecule has 21 heavy (non-hydrogen) atoms. The maximum absolute atomic E-state index is 12.3. The monoisotopic (exact) mass is 288 g/mol. The molecule has 0 radical (unpaired) electrons. The van der Waals surface area contributed by atoms with Crippen molar-refractivity contribution in [3.05, 3.63) is 35.4 Å². The van der Waals surface area contributed by atoms with E-state index in [1.54, 1.807) is 0 Å². The van der Waals surface area contributed by atoms with E-state index >= 15 is 0 Å². The fourth-order valence-electron chi connectivity index (χ4n) is 3.34. The van der Waals surface area contributed by atoms with E-state index in [-0.39, 0.29) is 11.9 Å². The van der Waals surface area contributed by atoms with Crippen molar-refractivity contribution in [2.45, 2.75) is 64.5 Å². The molecule has 3 heteroatoms. The molecule has 3 nitrogen and oxygen atoms in total. The number of hydrogen-bond donors (Lipinski definition) is 2. The minimum absolute atomic E-state index is 0.118. The number of carbonyl (C=O) groups excluding carboxylic acids is 1. The molecule has 0 aliphatic heterocycles. The van der Waals surface area contributed by atoms with Gasteiger partial charge in [-0.05, 0) is 36.8 Å². The molecule has 0 aromatic heterocycles.